The van der Waals surface area contributed by atoms with Gasteiger partial charge in [-0.3, -0.25) is 9.13 Å². The molecule has 19 heavy (non-hydrogen) atoms. The number of carboxylic acids is 1. The highest BCUT2D eigenvalue weighted by Crippen LogP contribution is 2.50. The van der Waals surface area contributed by atoms with Gasteiger partial charge in [-0.15, -0.1) is 0 Å². The molecule has 0 saturated heterocycles. The zero-order valence-electron chi connectivity index (χ0n) is 9.92. The normalized spacial score (nSPS) is 15.3. The smallest absolute Gasteiger partial charge is 0.338 e. The lowest BCUT2D eigenvalue weighted by Crippen LogP contribution is -2.56. The maximum absolute atomic E-state index is 11.1. The Labute approximate surface area is 109 Å². The van der Waals surface area contributed by atoms with Crippen molar-refractivity contribution in [3.8, 4) is 0 Å². The molecule has 0 aromatic heterocycles. The van der Waals surface area contributed by atoms with Gasteiger partial charge in [0.25, 0.3) is 0 Å². The van der Waals surface area contributed by atoms with Crippen molar-refractivity contribution in [1.82, 2.24) is 0 Å². The predicted molar refractivity (Wildman–Crippen MR) is 65.3 cm³/mol. The Bertz CT molecular complexity index is 413. The summed E-state index contributed by atoms with van der Waals surface area (Å²) in [7, 11) is -9.29. The Balaban J connectivity index is 4.58. The van der Waals surface area contributed by atoms with Crippen LogP contribution < -0.4 is 11.5 Å². The number of hydrogen-bond donors (Lipinski definition) is 7. The molecule has 0 aliphatic carbocycles. The fourth-order valence-electron chi connectivity index (χ4n) is 1.38. The van der Waals surface area contributed by atoms with Gasteiger partial charge >= 0.3 is 21.2 Å². The zero-order valence-corrected chi connectivity index (χ0v) is 11.7. The van der Waals surface area contributed by atoms with E-state index in [1.165, 1.54) is 0 Å². The molecule has 0 heterocycles. The lowest BCUT2D eigenvalue weighted by Gasteiger charge is -2.22. The van der Waals surface area contributed by atoms with E-state index in [1.54, 1.807) is 0 Å². The van der Waals surface area contributed by atoms with Crippen LogP contribution in [0, 0.1) is 0 Å². The quantitative estimate of drug-likeness (QED) is 0.205. The van der Waals surface area contributed by atoms with Gasteiger partial charge in [0.1, 0.15) is 0 Å². The molecule has 9 N–H and O–H groups in total. The predicted octanol–water partition coefficient (Wildman–Crippen LogP) is -1.42. The number of aliphatic carboxylic acids is 1. The standard InChI is InChI=1S/C7H18N2O8P2/c8-7(9,6(10)11)3-1-2-5(19(15,16)17)4-18(12,13)14/h5H,1-4,8-9H2,(H,10,11)(H2,12,13,14)(H2,15,16,17). The van der Waals surface area contributed by atoms with Crippen LogP contribution in [-0.2, 0) is 13.9 Å². The summed E-state index contributed by atoms with van der Waals surface area (Å²) in [5, 5.41) is 8.62. The van der Waals surface area contributed by atoms with Crippen LogP contribution in [0.3, 0.4) is 0 Å². The monoisotopic (exact) mass is 320 g/mol. The van der Waals surface area contributed by atoms with Crippen LogP contribution in [0.1, 0.15) is 19.3 Å². The third-order valence-electron chi connectivity index (χ3n) is 2.45. The minimum Gasteiger partial charge on any atom is -0.479 e. The molecule has 0 aliphatic rings. The molecular weight excluding hydrogens is 302 g/mol. The van der Waals surface area contributed by atoms with E-state index < -0.39 is 38.6 Å². The number of rotatable bonds is 8. The Hall–Kier alpha value is -0.310. The molecule has 10 nitrogen and oxygen atoms in total. The van der Waals surface area contributed by atoms with E-state index in [1.807, 2.05) is 0 Å². The fraction of sp³-hybridized carbons (Fsp3) is 0.857. The molecule has 0 saturated carbocycles. The molecule has 0 spiro atoms. The average Bonchev–Trinajstić information content (AvgIpc) is 2.12. The van der Waals surface area contributed by atoms with E-state index in [0.29, 0.717) is 0 Å². The van der Waals surface area contributed by atoms with Crippen molar-refractivity contribution in [2.75, 3.05) is 6.16 Å². The van der Waals surface area contributed by atoms with Crippen molar-refractivity contribution >= 4 is 21.2 Å². The summed E-state index contributed by atoms with van der Waals surface area (Å²) in [6.45, 7) is 0. The molecular formula is C7H18N2O8P2. The van der Waals surface area contributed by atoms with Crippen molar-refractivity contribution in [3.05, 3.63) is 0 Å². The van der Waals surface area contributed by atoms with Gasteiger partial charge in [-0.05, 0) is 19.3 Å². The van der Waals surface area contributed by atoms with Crippen molar-refractivity contribution in [3.63, 3.8) is 0 Å². The van der Waals surface area contributed by atoms with E-state index in [4.69, 9.17) is 36.1 Å². The molecule has 1 unspecified atom stereocenters. The third kappa shape index (κ3) is 7.76. The van der Waals surface area contributed by atoms with Gasteiger partial charge < -0.3 is 36.1 Å². The molecule has 0 bridgehead atoms. The summed E-state index contributed by atoms with van der Waals surface area (Å²) in [5.41, 5.74) is 6.83. The van der Waals surface area contributed by atoms with Crippen LogP contribution in [0.4, 0.5) is 0 Å². The van der Waals surface area contributed by atoms with E-state index >= 15 is 0 Å². The van der Waals surface area contributed by atoms with E-state index in [0.717, 1.165) is 0 Å². The second kappa shape index (κ2) is 6.43. The summed E-state index contributed by atoms with van der Waals surface area (Å²) in [6, 6.07) is 0. The van der Waals surface area contributed by atoms with Gasteiger partial charge in [0.15, 0.2) is 5.66 Å². The number of carboxylic acid groups (broad SMARTS) is 1. The number of nitrogens with two attached hydrogens (primary N) is 2. The van der Waals surface area contributed by atoms with Crippen molar-refractivity contribution < 1.29 is 38.6 Å². The van der Waals surface area contributed by atoms with Crippen LogP contribution in [0.25, 0.3) is 0 Å². The molecule has 12 heteroatoms. The molecule has 0 rings (SSSR count). The summed E-state index contributed by atoms with van der Waals surface area (Å²) in [4.78, 5) is 46.0. The first kappa shape index (κ1) is 18.7. The Kier molecular flexibility index (Phi) is 6.32. The highest BCUT2D eigenvalue weighted by Gasteiger charge is 2.35. The molecule has 1 atom stereocenters. The Morgan fingerprint density at radius 2 is 1.63 bits per heavy atom. The van der Waals surface area contributed by atoms with Gasteiger partial charge in [0, 0.05) is 0 Å². The summed E-state index contributed by atoms with van der Waals surface area (Å²) < 4.78 is 21.8. The van der Waals surface area contributed by atoms with Crippen molar-refractivity contribution in [2.45, 2.75) is 30.6 Å². The van der Waals surface area contributed by atoms with Crippen LogP contribution in [0.15, 0.2) is 0 Å². The first-order valence-electron chi connectivity index (χ1n) is 5.16. The van der Waals surface area contributed by atoms with Crippen LogP contribution >= 0.6 is 15.2 Å². The highest BCUT2D eigenvalue weighted by atomic mass is 31.2. The number of carbonyl (C=O) groups is 1. The van der Waals surface area contributed by atoms with Gasteiger partial charge in [0.05, 0.1) is 11.8 Å². The van der Waals surface area contributed by atoms with E-state index in [9.17, 15) is 13.9 Å². The minimum atomic E-state index is -4.70. The molecule has 0 aromatic carbocycles. The van der Waals surface area contributed by atoms with Gasteiger partial charge in [-0.1, -0.05) is 0 Å². The van der Waals surface area contributed by atoms with Crippen molar-refractivity contribution in [2.24, 2.45) is 11.5 Å². The van der Waals surface area contributed by atoms with Gasteiger partial charge in [-0.25, -0.2) is 4.79 Å². The lowest BCUT2D eigenvalue weighted by atomic mass is 10.0. The first-order valence-corrected chi connectivity index (χ1v) is 8.64. The van der Waals surface area contributed by atoms with Crippen LogP contribution in [0.2, 0.25) is 0 Å². The number of hydrogen-bond acceptors (Lipinski definition) is 5. The lowest BCUT2D eigenvalue weighted by molar-refractivity contribution is -0.143. The molecule has 0 radical (unpaired) electrons. The van der Waals surface area contributed by atoms with Crippen LogP contribution in [0.5, 0.6) is 0 Å². The van der Waals surface area contributed by atoms with Gasteiger partial charge in [0.2, 0.25) is 0 Å². The molecule has 0 aliphatic heterocycles. The summed E-state index contributed by atoms with van der Waals surface area (Å²) in [5.74, 6) is -1.48. The Morgan fingerprint density at radius 3 is 1.95 bits per heavy atom. The molecule has 114 valence electrons. The topological polar surface area (TPSA) is 204 Å². The molecule has 0 fully saturated rings. The molecule has 0 aromatic rings. The third-order valence-corrected chi connectivity index (χ3v) is 5.05. The first-order chi connectivity index (χ1) is 8.26. The van der Waals surface area contributed by atoms with Crippen molar-refractivity contribution in [1.29, 1.82) is 0 Å². The minimum absolute atomic E-state index is 0.0882. The second-order valence-corrected chi connectivity index (χ2v) is 7.93. The fourth-order valence-corrected chi connectivity index (χ4v) is 4.12. The van der Waals surface area contributed by atoms with E-state index in [2.05, 4.69) is 0 Å². The summed E-state index contributed by atoms with van der Waals surface area (Å²) >= 11 is 0. The highest BCUT2D eigenvalue weighted by molar-refractivity contribution is 7.56. The maximum atomic E-state index is 11.1. The molecule has 0 amide bonds. The summed E-state index contributed by atoms with van der Waals surface area (Å²) in [6.07, 6.45) is -1.64. The average molecular weight is 320 g/mol. The van der Waals surface area contributed by atoms with Gasteiger partial charge in [-0.2, -0.15) is 0 Å². The Morgan fingerprint density at radius 1 is 1.16 bits per heavy atom. The SMILES string of the molecule is NC(N)(CCCC(CP(=O)(O)O)P(=O)(O)O)C(=O)O. The van der Waals surface area contributed by atoms with E-state index in [-0.39, 0.29) is 19.3 Å². The largest absolute Gasteiger partial charge is 0.479 e. The second-order valence-electron chi connectivity index (χ2n) is 4.33. The zero-order chi connectivity index (χ0) is 15.5. The van der Waals surface area contributed by atoms with Crippen LogP contribution in [-0.4, -0.2) is 48.1 Å². The maximum Gasteiger partial charge on any atom is 0.338 e.